The molecule has 4 nitrogen and oxygen atoms in total. The van der Waals surface area contributed by atoms with Gasteiger partial charge in [0, 0.05) is 11.1 Å². The van der Waals surface area contributed by atoms with Gasteiger partial charge in [-0.15, -0.1) is 0 Å². The summed E-state index contributed by atoms with van der Waals surface area (Å²) in [5, 5.41) is 3.28. The van der Waals surface area contributed by atoms with Crippen LogP contribution in [-0.4, -0.2) is 7.11 Å². The Bertz CT molecular complexity index is 336. The fraction of sp³-hybridized carbons (Fsp3) is 0.111. The lowest BCUT2D eigenvalue weighted by Crippen LogP contribution is -1.80. The minimum absolute atomic E-state index is 0.806. The number of rotatable bonds is 3. The molecule has 0 fully saturated rings. The van der Waals surface area contributed by atoms with E-state index in [1.165, 1.54) is 6.20 Å². The molecule has 0 heterocycles. The fourth-order valence-electron chi connectivity index (χ4n) is 0.864. The van der Waals surface area contributed by atoms with Crippen LogP contribution >= 0.6 is 0 Å². The molecule has 0 aromatic heterocycles. The van der Waals surface area contributed by atoms with Crippen molar-refractivity contribution >= 4 is 6.08 Å². The molecule has 0 saturated heterocycles. The number of methoxy groups -OCH3 is 1. The third kappa shape index (κ3) is 2.89. The molecule has 4 heteroatoms. The quantitative estimate of drug-likeness (QED) is 0.395. The number of ether oxygens (including phenoxy) is 1. The molecule has 0 spiro atoms. The summed E-state index contributed by atoms with van der Waals surface area (Å²) in [7, 11) is 1.62. The molecule has 0 unspecified atom stereocenters. The third-order valence-electron chi connectivity index (χ3n) is 1.50. The topological polar surface area (TPSA) is 58.0 Å². The fourth-order valence-corrected chi connectivity index (χ4v) is 0.864. The molecule has 0 aliphatic carbocycles. The zero-order valence-corrected chi connectivity index (χ0v) is 7.21. The van der Waals surface area contributed by atoms with E-state index in [1.54, 1.807) is 13.2 Å². The van der Waals surface area contributed by atoms with Crippen molar-refractivity contribution in [2.75, 3.05) is 7.11 Å². The summed E-state index contributed by atoms with van der Waals surface area (Å²) < 4.78 is 4.99. The van der Waals surface area contributed by atoms with Crippen molar-refractivity contribution in [3.63, 3.8) is 0 Å². The van der Waals surface area contributed by atoms with Crippen molar-refractivity contribution < 1.29 is 4.74 Å². The number of azide groups is 1. The second-order valence-electron chi connectivity index (χ2n) is 2.29. The van der Waals surface area contributed by atoms with Crippen LogP contribution in [0.5, 0.6) is 5.75 Å². The Labute approximate surface area is 76.1 Å². The highest BCUT2D eigenvalue weighted by Gasteiger charge is 1.88. The molecule has 0 atom stereocenters. The predicted octanol–water partition coefficient (Wildman–Crippen LogP) is 2.98. The van der Waals surface area contributed by atoms with Gasteiger partial charge < -0.3 is 4.74 Å². The largest absolute Gasteiger partial charge is 0.497 e. The summed E-state index contributed by atoms with van der Waals surface area (Å²) in [6.45, 7) is 0. The van der Waals surface area contributed by atoms with E-state index >= 15 is 0 Å². The van der Waals surface area contributed by atoms with E-state index in [-0.39, 0.29) is 0 Å². The summed E-state index contributed by atoms with van der Waals surface area (Å²) in [5.74, 6) is 0.806. The lowest BCUT2D eigenvalue weighted by molar-refractivity contribution is 0.415. The Morgan fingerprint density at radius 1 is 1.38 bits per heavy atom. The lowest BCUT2D eigenvalue weighted by atomic mass is 10.2. The summed E-state index contributed by atoms with van der Waals surface area (Å²) in [4.78, 5) is 2.60. The van der Waals surface area contributed by atoms with E-state index in [2.05, 4.69) is 10.0 Å². The van der Waals surface area contributed by atoms with Crippen molar-refractivity contribution in [1.82, 2.24) is 0 Å². The molecule has 1 aromatic carbocycles. The van der Waals surface area contributed by atoms with Gasteiger partial charge in [-0.25, -0.2) is 0 Å². The first kappa shape index (κ1) is 9.16. The zero-order valence-electron chi connectivity index (χ0n) is 7.21. The molecular weight excluding hydrogens is 166 g/mol. The minimum atomic E-state index is 0.806. The van der Waals surface area contributed by atoms with E-state index in [1.807, 2.05) is 24.3 Å². The number of nitrogens with zero attached hydrogens (tertiary/aromatic N) is 3. The van der Waals surface area contributed by atoms with Crippen LogP contribution in [0.4, 0.5) is 0 Å². The van der Waals surface area contributed by atoms with Gasteiger partial charge in [0.2, 0.25) is 0 Å². The van der Waals surface area contributed by atoms with Gasteiger partial charge in [-0.2, -0.15) is 0 Å². The molecule has 1 aromatic rings. The maximum Gasteiger partial charge on any atom is 0.118 e. The first-order chi connectivity index (χ1) is 6.36. The SMILES string of the molecule is COc1ccc(C=CN=[N+]=[N-])cc1. The Morgan fingerprint density at radius 2 is 2.08 bits per heavy atom. The van der Waals surface area contributed by atoms with Crippen molar-refractivity contribution in [3.8, 4) is 5.75 Å². The molecule has 0 bridgehead atoms. The molecule has 0 radical (unpaired) electrons. The Morgan fingerprint density at radius 3 is 2.62 bits per heavy atom. The highest BCUT2D eigenvalue weighted by Crippen LogP contribution is 2.12. The van der Waals surface area contributed by atoms with Gasteiger partial charge in [0.25, 0.3) is 0 Å². The van der Waals surface area contributed by atoms with E-state index in [0.29, 0.717) is 0 Å². The molecule has 0 aliphatic heterocycles. The van der Waals surface area contributed by atoms with Crippen LogP contribution in [0.15, 0.2) is 35.6 Å². The van der Waals surface area contributed by atoms with Gasteiger partial charge in [0.05, 0.1) is 7.11 Å². The Hall–Kier alpha value is -1.93. The summed E-state index contributed by atoms with van der Waals surface area (Å²) in [5.41, 5.74) is 8.98. The Kier molecular flexibility index (Phi) is 3.42. The minimum Gasteiger partial charge on any atom is -0.497 e. The number of hydrogen-bond donors (Lipinski definition) is 0. The molecular formula is C9H9N3O. The maximum atomic E-state index is 8.01. The van der Waals surface area contributed by atoms with Crippen molar-refractivity contribution in [2.24, 2.45) is 5.11 Å². The van der Waals surface area contributed by atoms with Gasteiger partial charge in [-0.05, 0) is 23.2 Å². The van der Waals surface area contributed by atoms with Crippen molar-refractivity contribution in [1.29, 1.82) is 0 Å². The molecule has 0 N–H and O–H groups in total. The smallest absolute Gasteiger partial charge is 0.118 e. The third-order valence-corrected chi connectivity index (χ3v) is 1.50. The van der Waals surface area contributed by atoms with Gasteiger partial charge >= 0.3 is 0 Å². The van der Waals surface area contributed by atoms with Gasteiger partial charge in [-0.1, -0.05) is 23.3 Å². The van der Waals surface area contributed by atoms with Crippen LogP contribution in [0.25, 0.3) is 16.5 Å². The van der Waals surface area contributed by atoms with Crippen LogP contribution in [0.3, 0.4) is 0 Å². The number of benzene rings is 1. The standard InChI is InChI=1S/C9H9N3O/c1-13-9-4-2-8(3-5-9)6-7-11-12-10/h2-7H,1H3. The maximum absolute atomic E-state index is 8.01. The van der Waals surface area contributed by atoms with Gasteiger partial charge in [-0.3, -0.25) is 0 Å². The predicted molar refractivity (Wildman–Crippen MR) is 51.2 cm³/mol. The van der Waals surface area contributed by atoms with E-state index < -0.39 is 0 Å². The van der Waals surface area contributed by atoms with Gasteiger partial charge in [0.15, 0.2) is 0 Å². The van der Waals surface area contributed by atoms with E-state index in [4.69, 9.17) is 10.3 Å². The molecule has 0 saturated carbocycles. The first-order valence-electron chi connectivity index (χ1n) is 3.71. The Balaban J connectivity index is 2.74. The summed E-state index contributed by atoms with van der Waals surface area (Å²) in [6, 6.07) is 7.44. The normalized spacial score (nSPS) is 9.62. The number of hydrogen-bond acceptors (Lipinski definition) is 2. The molecule has 0 amide bonds. The highest BCUT2D eigenvalue weighted by molar-refractivity contribution is 5.50. The average molecular weight is 175 g/mol. The monoisotopic (exact) mass is 175 g/mol. The molecule has 66 valence electrons. The first-order valence-corrected chi connectivity index (χ1v) is 3.71. The van der Waals surface area contributed by atoms with Crippen molar-refractivity contribution in [3.05, 3.63) is 46.5 Å². The second-order valence-corrected chi connectivity index (χ2v) is 2.29. The molecule has 1 rings (SSSR count). The van der Waals surface area contributed by atoms with Crippen LogP contribution in [0.2, 0.25) is 0 Å². The van der Waals surface area contributed by atoms with E-state index in [0.717, 1.165) is 11.3 Å². The summed E-state index contributed by atoms with van der Waals surface area (Å²) in [6.07, 6.45) is 3.13. The molecule has 13 heavy (non-hydrogen) atoms. The van der Waals surface area contributed by atoms with Gasteiger partial charge in [0.1, 0.15) is 5.75 Å². The van der Waals surface area contributed by atoms with Crippen LogP contribution < -0.4 is 4.74 Å². The van der Waals surface area contributed by atoms with Crippen LogP contribution in [0, 0.1) is 0 Å². The highest BCUT2D eigenvalue weighted by atomic mass is 16.5. The average Bonchev–Trinajstić information content (AvgIpc) is 2.19. The zero-order chi connectivity index (χ0) is 9.52. The lowest BCUT2D eigenvalue weighted by Gasteiger charge is -1.98. The van der Waals surface area contributed by atoms with Crippen molar-refractivity contribution in [2.45, 2.75) is 0 Å². The van der Waals surface area contributed by atoms with Crippen LogP contribution in [-0.2, 0) is 0 Å². The van der Waals surface area contributed by atoms with E-state index in [9.17, 15) is 0 Å². The molecule has 0 aliphatic rings. The second kappa shape index (κ2) is 4.85. The van der Waals surface area contributed by atoms with Crippen LogP contribution in [0.1, 0.15) is 5.56 Å². The summed E-state index contributed by atoms with van der Waals surface area (Å²) >= 11 is 0.